The molecule has 0 unspecified atom stereocenters. The minimum absolute atomic E-state index is 0.161. The van der Waals surface area contributed by atoms with Crippen LogP contribution in [0.1, 0.15) is 42.5 Å². The lowest BCUT2D eigenvalue weighted by atomic mass is 10.0. The fourth-order valence-electron chi connectivity index (χ4n) is 3.46. The third-order valence-electron chi connectivity index (χ3n) is 5.00. The summed E-state index contributed by atoms with van der Waals surface area (Å²) < 4.78 is 32.1. The summed E-state index contributed by atoms with van der Waals surface area (Å²) in [4.78, 5) is 12.6. The molecule has 1 aliphatic heterocycles. The molecular weight excluding hydrogens is 384 g/mol. The number of hydrogen-bond donors (Lipinski definition) is 1. The average molecular weight is 413 g/mol. The lowest BCUT2D eigenvalue weighted by molar-refractivity contribution is 0.0730. The fourth-order valence-corrected chi connectivity index (χ4v) is 6.13. The van der Waals surface area contributed by atoms with Gasteiger partial charge in [-0.2, -0.15) is 16.1 Å². The summed E-state index contributed by atoms with van der Waals surface area (Å²) in [5, 5.41) is 3.63. The highest BCUT2D eigenvalue weighted by Crippen LogP contribution is 2.27. The summed E-state index contributed by atoms with van der Waals surface area (Å²) >= 11 is 1.93. The number of sulfonamides is 1. The molecule has 1 saturated carbocycles. The zero-order chi connectivity index (χ0) is 19.1. The molecule has 0 bridgehead atoms. The molecule has 1 aromatic carbocycles. The number of amides is 1. The van der Waals surface area contributed by atoms with Crippen molar-refractivity contribution in [2.75, 3.05) is 38.6 Å². The second-order valence-corrected chi connectivity index (χ2v) is 10.3. The van der Waals surface area contributed by atoms with Crippen molar-refractivity contribution in [2.24, 2.45) is 0 Å². The lowest BCUT2D eigenvalue weighted by Crippen LogP contribution is -2.40. The number of thioether (sulfide) groups is 1. The van der Waals surface area contributed by atoms with Gasteiger partial charge in [0.05, 0.1) is 18.1 Å². The Morgan fingerprint density at radius 2 is 1.93 bits per heavy atom. The van der Waals surface area contributed by atoms with E-state index in [4.69, 9.17) is 4.74 Å². The van der Waals surface area contributed by atoms with E-state index in [2.05, 4.69) is 5.32 Å². The van der Waals surface area contributed by atoms with E-state index in [1.807, 2.05) is 11.8 Å². The van der Waals surface area contributed by atoms with Gasteiger partial charge >= 0.3 is 0 Å². The van der Waals surface area contributed by atoms with Crippen LogP contribution in [0.25, 0.3) is 0 Å². The summed E-state index contributed by atoms with van der Waals surface area (Å²) in [6.07, 6.45) is 6.53. The van der Waals surface area contributed by atoms with Crippen molar-refractivity contribution in [2.45, 2.75) is 42.2 Å². The van der Waals surface area contributed by atoms with Crippen LogP contribution in [-0.2, 0) is 14.8 Å². The maximum atomic E-state index is 12.7. The first kappa shape index (κ1) is 20.6. The normalized spacial score (nSPS) is 19.7. The van der Waals surface area contributed by atoms with Crippen LogP contribution in [-0.4, -0.2) is 62.5 Å². The third-order valence-corrected chi connectivity index (χ3v) is 8.27. The quantitative estimate of drug-likeness (QED) is 0.697. The van der Waals surface area contributed by atoms with E-state index >= 15 is 0 Å². The molecule has 1 heterocycles. The van der Waals surface area contributed by atoms with Crippen LogP contribution in [0.15, 0.2) is 29.2 Å². The van der Waals surface area contributed by atoms with Gasteiger partial charge in [0.15, 0.2) is 0 Å². The molecule has 0 radical (unpaired) electrons. The van der Waals surface area contributed by atoms with Crippen molar-refractivity contribution in [3.63, 3.8) is 0 Å². The third kappa shape index (κ3) is 5.70. The molecule has 1 N–H and O–H groups in total. The zero-order valence-corrected chi connectivity index (χ0v) is 17.2. The molecule has 27 heavy (non-hydrogen) atoms. The predicted molar refractivity (Wildman–Crippen MR) is 108 cm³/mol. The van der Waals surface area contributed by atoms with E-state index < -0.39 is 10.0 Å². The molecule has 2 fully saturated rings. The molecule has 0 spiro atoms. The maximum Gasteiger partial charge on any atom is 0.251 e. The van der Waals surface area contributed by atoms with E-state index in [9.17, 15) is 13.2 Å². The molecule has 1 saturated heterocycles. The molecule has 1 aromatic rings. The van der Waals surface area contributed by atoms with E-state index in [0.29, 0.717) is 38.4 Å². The molecule has 0 aromatic heterocycles. The Hall–Kier alpha value is -1.09. The number of nitrogens with one attached hydrogen (secondary N) is 1. The standard InChI is InChI=1S/C19H28N2O4S2/c22-19(20-9-14-26-17-6-2-1-3-7-17)16-5-4-8-18(15-16)27(23,24)21-10-12-25-13-11-21/h4-5,8,15,17H,1-3,6-7,9-14H2,(H,20,22). The summed E-state index contributed by atoms with van der Waals surface area (Å²) in [7, 11) is -3.59. The van der Waals surface area contributed by atoms with Crippen LogP contribution < -0.4 is 5.32 Å². The SMILES string of the molecule is O=C(NCCSC1CCCCC1)c1cccc(S(=O)(=O)N2CCOCC2)c1. The summed E-state index contributed by atoms with van der Waals surface area (Å²) in [5.41, 5.74) is 0.381. The van der Waals surface area contributed by atoms with Crippen molar-refractivity contribution < 1.29 is 17.9 Å². The number of carbonyl (C=O) groups excluding carboxylic acids is 1. The topological polar surface area (TPSA) is 75.7 Å². The first-order chi connectivity index (χ1) is 13.1. The molecule has 1 aliphatic carbocycles. The van der Waals surface area contributed by atoms with Gasteiger partial charge in [-0.25, -0.2) is 8.42 Å². The van der Waals surface area contributed by atoms with Crippen molar-refractivity contribution in [1.29, 1.82) is 0 Å². The van der Waals surface area contributed by atoms with E-state index in [0.717, 1.165) is 11.0 Å². The Kier molecular flexibility index (Phi) is 7.57. The van der Waals surface area contributed by atoms with E-state index in [1.54, 1.807) is 18.2 Å². The zero-order valence-electron chi connectivity index (χ0n) is 15.6. The predicted octanol–water partition coefficient (Wildman–Crippen LogP) is 2.50. The minimum Gasteiger partial charge on any atom is -0.379 e. The number of rotatable bonds is 7. The molecule has 3 rings (SSSR count). The van der Waals surface area contributed by atoms with Gasteiger partial charge in [-0.05, 0) is 31.0 Å². The Labute approximate surface area is 166 Å². The highest BCUT2D eigenvalue weighted by molar-refractivity contribution is 7.99. The monoisotopic (exact) mass is 412 g/mol. The van der Waals surface area contributed by atoms with Gasteiger partial charge in [0.1, 0.15) is 0 Å². The van der Waals surface area contributed by atoms with Crippen LogP contribution in [0.3, 0.4) is 0 Å². The molecule has 0 atom stereocenters. The first-order valence-electron chi connectivity index (χ1n) is 9.65. The fraction of sp³-hybridized carbons (Fsp3) is 0.632. The Morgan fingerprint density at radius 3 is 2.67 bits per heavy atom. The van der Waals surface area contributed by atoms with Crippen LogP contribution in [0.4, 0.5) is 0 Å². The smallest absolute Gasteiger partial charge is 0.251 e. The van der Waals surface area contributed by atoms with Crippen molar-refractivity contribution in [3.05, 3.63) is 29.8 Å². The number of benzene rings is 1. The first-order valence-corrected chi connectivity index (χ1v) is 12.1. The summed E-state index contributed by atoms with van der Waals surface area (Å²) in [5.74, 6) is 0.667. The second kappa shape index (κ2) is 9.91. The van der Waals surface area contributed by atoms with E-state index in [-0.39, 0.29) is 10.8 Å². The van der Waals surface area contributed by atoms with Crippen molar-refractivity contribution in [1.82, 2.24) is 9.62 Å². The Bertz CT molecular complexity index is 727. The summed E-state index contributed by atoms with van der Waals surface area (Å²) in [6.45, 7) is 2.09. The largest absolute Gasteiger partial charge is 0.379 e. The van der Waals surface area contributed by atoms with Crippen LogP contribution in [0, 0.1) is 0 Å². The van der Waals surface area contributed by atoms with Crippen molar-refractivity contribution >= 4 is 27.7 Å². The van der Waals surface area contributed by atoms with Gasteiger partial charge < -0.3 is 10.1 Å². The summed E-state index contributed by atoms with van der Waals surface area (Å²) in [6, 6.07) is 6.29. The number of ether oxygens (including phenoxy) is 1. The number of morpholine rings is 1. The minimum atomic E-state index is -3.59. The van der Waals surface area contributed by atoms with Crippen LogP contribution in [0.5, 0.6) is 0 Å². The number of nitrogens with zero attached hydrogens (tertiary/aromatic N) is 1. The lowest BCUT2D eigenvalue weighted by Gasteiger charge is -2.26. The van der Waals surface area contributed by atoms with Gasteiger partial charge in [-0.1, -0.05) is 25.3 Å². The van der Waals surface area contributed by atoms with Gasteiger partial charge in [-0.3, -0.25) is 4.79 Å². The molecule has 1 amide bonds. The van der Waals surface area contributed by atoms with Crippen LogP contribution in [0.2, 0.25) is 0 Å². The van der Waals surface area contributed by atoms with Crippen molar-refractivity contribution in [3.8, 4) is 0 Å². The van der Waals surface area contributed by atoms with Crippen LogP contribution >= 0.6 is 11.8 Å². The number of hydrogen-bond acceptors (Lipinski definition) is 5. The van der Waals surface area contributed by atoms with Gasteiger partial charge in [0.25, 0.3) is 5.91 Å². The highest BCUT2D eigenvalue weighted by atomic mass is 32.2. The van der Waals surface area contributed by atoms with Gasteiger partial charge in [0, 0.05) is 36.2 Å². The molecule has 2 aliphatic rings. The van der Waals surface area contributed by atoms with E-state index in [1.165, 1.54) is 42.5 Å². The highest BCUT2D eigenvalue weighted by Gasteiger charge is 2.26. The Balaban J connectivity index is 1.53. The molecule has 8 heteroatoms. The maximum absolute atomic E-state index is 12.7. The second-order valence-electron chi connectivity index (χ2n) is 6.93. The molecule has 150 valence electrons. The molecular formula is C19H28N2O4S2. The number of carbonyl (C=O) groups is 1. The van der Waals surface area contributed by atoms with Gasteiger partial charge in [-0.15, -0.1) is 0 Å². The van der Waals surface area contributed by atoms with Gasteiger partial charge in [0.2, 0.25) is 10.0 Å². The molecule has 6 nitrogen and oxygen atoms in total. The average Bonchev–Trinajstić information content (AvgIpc) is 2.72. The Morgan fingerprint density at radius 1 is 1.19 bits per heavy atom.